The summed E-state index contributed by atoms with van der Waals surface area (Å²) in [5.74, 6) is 0.896. The smallest absolute Gasteiger partial charge is 0.122 e. The van der Waals surface area contributed by atoms with Crippen LogP contribution in [0.1, 0.15) is 25.3 Å². The van der Waals surface area contributed by atoms with Crippen molar-refractivity contribution in [3.05, 3.63) is 29.8 Å². The second-order valence-electron chi connectivity index (χ2n) is 4.32. The van der Waals surface area contributed by atoms with Gasteiger partial charge in [0.1, 0.15) is 5.75 Å². The van der Waals surface area contributed by atoms with Crippen molar-refractivity contribution in [1.82, 2.24) is 0 Å². The van der Waals surface area contributed by atoms with Crippen LogP contribution in [0.4, 0.5) is 0 Å². The van der Waals surface area contributed by atoms with Crippen LogP contribution in [0.25, 0.3) is 0 Å². The SMILES string of the molecule is COc1ccccc1C(CN)C(O)C(C)C. The Morgan fingerprint density at radius 1 is 1.31 bits per heavy atom. The minimum Gasteiger partial charge on any atom is -0.496 e. The summed E-state index contributed by atoms with van der Waals surface area (Å²) in [6.07, 6.45) is -0.443. The molecule has 0 saturated heterocycles. The Hall–Kier alpha value is -1.06. The summed E-state index contributed by atoms with van der Waals surface area (Å²) in [6.45, 7) is 4.39. The molecule has 2 atom stereocenters. The molecule has 0 aliphatic heterocycles. The van der Waals surface area contributed by atoms with E-state index in [-0.39, 0.29) is 11.8 Å². The van der Waals surface area contributed by atoms with Crippen LogP contribution in [0, 0.1) is 5.92 Å². The van der Waals surface area contributed by atoms with Gasteiger partial charge >= 0.3 is 0 Å². The Morgan fingerprint density at radius 2 is 1.94 bits per heavy atom. The molecule has 0 bridgehead atoms. The Bertz CT molecular complexity index is 325. The van der Waals surface area contributed by atoms with E-state index in [4.69, 9.17) is 10.5 Å². The lowest BCUT2D eigenvalue weighted by Gasteiger charge is -2.26. The van der Waals surface area contributed by atoms with Gasteiger partial charge in [0.05, 0.1) is 13.2 Å². The molecule has 0 aliphatic carbocycles. The monoisotopic (exact) mass is 223 g/mol. The molecule has 0 spiro atoms. The predicted octanol–water partition coefficient (Wildman–Crippen LogP) is 1.75. The topological polar surface area (TPSA) is 55.5 Å². The van der Waals surface area contributed by atoms with E-state index in [0.717, 1.165) is 11.3 Å². The van der Waals surface area contributed by atoms with Gasteiger partial charge in [0.15, 0.2) is 0 Å². The number of benzene rings is 1. The van der Waals surface area contributed by atoms with Crippen LogP contribution in [0.5, 0.6) is 5.75 Å². The zero-order chi connectivity index (χ0) is 12.1. The third kappa shape index (κ3) is 2.74. The van der Waals surface area contributed by atoms with Gasteiger partial charge in [-0.1, -0.05) is 32.0 Å². The standard InChI is InChI=1S/C13H21NO2/c1-9(2)13(15)11(8-14)10-6-4-5-7-12(10)16-3/h4-7,9,11,13,15H,8,14H2,1-3H3. The molecule has 1 aromatic carbocycles. The second kappa shape index (κ2) is 5.87. The number of aliphatic hydroxyl groups excluding tert-OH is 1. The first-order valence-electron chi connectivity index (χ1n) is 5.62. The quantitative estimate of drug-likeness (QED) is 0.799. The summed E-state index contributed by atoms with van der Waals surface area (Å²) in [5, 5.41) is 10.1. The summed E-state index contributed by atoms with van der Waals surface area (Å²) in [6, 6.07) is 7.71. The van der Waals surface area contributed by atoms with Gasteiger partial charge in [0, 0.05) is 18.0 Å². The summed E-state index contributed by atoms with van der Waals surface area (Å²) in [5.41, 5.74) is 6.73. The lowest BCUT2D eigenvalue weighted by atomic mass is 9.87. The number of methoxy groups -OCH3 is 1. The van der Waals surface area contributed by atoms with Gasteiger partial charge in [0.25, 0.3) is 0 Å². The van der Waals surface area contributed by atoms with E-state index < -0.39 is 6.10 Å². The molecule has 0 amide bonds. The van der Waals surface area contributed by atoms with E-state index in [2.05, 4.69) is 0 Å². The predicted molar refractivity (Wildman–Crippen MR) is 65.6 cm³/mol. The average molecular weight is 223 g/mol. The first-order chi connectivity index (χ1) is 7.61. The van der Waals surface area contributed by atoms with Crippen molar-refractivity contribution >= 4 is 0 Å². The van der Waals surface area contributed by atoms with E-state index in [1.807, 2.05) is 38.1 Å². The Labute approximate surface area is 97.2 Å². The highest BCUT2D eigenvalue weighted by atomic mass is 16.5. The maximum Gasteiger partial charge on any atom is 0.122 e. The third-order valence-corrected chi connectivity index (χ3v) is 2.89. The molecule has 0 aromatic heterocycles. The summed E-state index contributed by atoms with van der Waals surface area (Å²) in [4.78, 5) is 0. The normalized spacial score (nSPS) is 14.9. The van der Waals surface area contributed by atoms with Crippen molar-refractivity contribution in [2.75, 3.05) is 13.7 Å². The van der Waals surface area contributed by atoms with Crippen LogP contribution < -0.4 is 10.5 Å². The Morgan fingerprint density at radius 3 is 2.44 bits per heavy atom. The minimum atomic E-state index is -0.443. The highest BCUT2D eigenvalue weighted by Crippen LogP contribution is 2.30. The van der Waals surface area contributed by atoms with Gasteiger partial charge in [-0.3, -0.25) is 0 Å². The number of nitrogens with two attached hydrogens (primary N) is 1. The molecule has 90 valence electrons. The molecule has 0 radical (unpaired) electrons. The van der Waals surface area contributed by atoms with Crippen LogP contribution in [0.2, 0.25) is 0 Å². The van der Waals surface area contributed by atoms with Crippen LogP contribution >= 0.6 is 0 Å². The van der Waals surface area contributed by atoms with Gasteiger partial charge < -0.3 is 15.6 Å². The summed E-state index contributed by atoms with van der Waals surface area (Å²) in [7, 11) is 1.63. The van der Waals surface area contributed by atoms with Crippen molar-refractivity contribution in [3.8, 4) is 5.75 Å². The zero-order valence-electron chi connectivity index (χ0n) is 10.2. The van der Waals surface area contributed by atoms with Crippen molar-refractivity contribution < 1.29 is 9.84 Å². The number of hydrogen-bond donors (Lipinski definition) is 2. The number of aliphatic hydroxyl groups is 1. The lowest BCUT2D eigenvalue weighted by molar-refractivity contribution is 0.0975. The van der Waals surface area contributed by atoms with Crippen LogP contribution in [-0.4, -0.2) is 24.9 Å². The third-order valence-electron chi connectivity index (χ3n) is 2.89. The highest BCUT2D eigenvalue weighted by molar-refractivity contribution is 5.37. The molecule has 3 heteroatoms. The highest BCUT2D eigenvalue weighted by Gasteiger charge is 2.24. The van der Waals surface area contributed by atoms with E-state index in [9.17, 15) is 5.11 Å². The molecule has 0 saturated carbocycles. The maximum atomic E-state index is 10.1. The molecule has 1 rings (SSSR count). The fraction of sp³-hybridized carbons (Fsp3) is 0.538. The molecule has 3 nitrogen and oxygen atoms in total. The zero-order valence-corrected chi connectivity index (χ0v) is 10.2. The first-order valence-corrected chi connectivity index (χ1v) is 5.62. The van der Waals surface area contributed by atoms with Gasteiger partial charge in [-0.25, -0.2) is 0 Å². The van der Waals surface area contributed by atoms with E-state index >= 15 is 0 Å². The Kier molecular flexibility index (Phi) is 4.77. The summed E-state index contributed by atoms with van der Waals surface area (Å²) >= 11 is 0. The second-order valence-corrected chi connectivity index (χ2v) is 4.32. The van der Waals surface area contributed by atoms with Gasteiger partial charge in [-0.15, -0.1) is 0 Å². The largest absolute Gasteiger partial charge is 0.496 e. The Balaban J connectivity index is 3.03. The van der Waals surface area contributed by atoms with E-state index in [1.165, 1.54) is 0 Å². The summed E-state index contributed by atoms with van der Waals surface area (Å²) < 4.78 is 5.29. The van der Waals surface area contributed by atoms with E-state index in [0.29, 0.717) is 6.54 Å². The fourth-order valence-electron chi connectivity index (χ4n) is 1.89. The van der Waals surface area contributed by atoms with Crippen LogP contribution in [-0.2, 0) is 0 Å². The van der Waals surface area contributed by atoms with Crippen molar-refractivity contribution in [3.63, 3.8) is 0 Å². The molecule has 2 unspecified atom stereocenters. The van der Waals surface area contributed by atoms with Gasteiger partial charge in [-0.05, 0) is 12.0 Å². The molecule has 0 fully saturated rings. The van der Waals surface area contributed by atoms with Gasteiger partial charge in [0.2, 0.25) is 0 Å². The van der Waals surface area contributed by atoms with Crippen molar-refractivity contribution in [2.24, 2.45) is 11.7 Å². The minimum absolute atomic E-state index is 0.0730. The van der Waals surface area contributed by atoms with Crippen molar-refractivity contribution in [2.45, 2.75) is 25.9 Å². The molecule has 3 N–H and O–H groups in total. The number of para-hydroxylation sites is 1. The molecule has 0 heterocycles. The molecular formula is C13H21NO2. The lowest BCUT2D eigenvalue weighted by Crippen LogP contribution is -2.30. The number of ether oxygens (including phenoxy) is 1. The molecule has 0 aliphatic rings. The molecule has 1 aromatic rings. The van der Waals surface area contributed by atoms with Crippen LogP contribution in [0.3, 0.4) is 0 Å². The fourth-order valence-corrected chi connectivity index (χ4v) is 1.89. The first kappa shape index (κ1) is 13.0. The van der Waals surface area contributed by atoms with Gasteiger partial charge in [-0.2, -0.15) is 0 Å². The van der Waals surface area contributed by atoms with Crippen molar-refractivity contribution in [1.29, 1.82) is 0 Å². The molecular weight excluding hydrogens is 202 g/mol. The maximum absolute atomic E-state index is 10.1. The van der Waals surface area contributed by atoms with E-state index in [1.54, 1.807) is 7.11 Å². The average Bonchev–Trinajstić information content (AvgIpc) is 2.30. The van der Waals surface area contributed by atoms with Crippen LogP contribution in [0.15, 0.2) is 24.3 Å². The molecule has 16 heavy (non-hydrogen) atoms. The number of hydrogen-bond acceptors (Lipinski definition) is 3. The number of rotatable bonds is 5.